The minimum Gasteiger partial charge on any atom is -0.444 e. The van der Waals surface area contributed by atoms with Gasteiger partial charge in [0.15, 0.2) is 11.6 Å². The van der Waals surface area contributed by atoms with Crippen LogP contribution in [0.25, 0.3) is 0 Å². The standard InChI is InChI=1S/C19H17F4NO2/c20-15-2-1-3-16-17(15)26-18(25-16,13-8-10-24-11-9-13)12-4-6-14(7-5-12)19(21,22)23/h1-7,13,24H,8-11H2. The molecule has 138 valence electrons. The topological polar surface area (TPSA) is 30.5 Å². The Morgan fingerprint density at radius 3 is 2.27 bits per heavy atom. The van der Waals surface area contributed by atoms with Crippen LogP contribution in [0.2, 0.25) is 0 Å². The Bertz CT molecular complexity index is 800. The molecule has 0 radical (unpaired) electrons. The molecule has 3 nitrogen and oxygen atoms in total. The second-order valence-corrected chi connectivity index (χ2v) is 6.54. The molecule has 0 aliphatic carbocycles. The van der Waals surface area contributed by atoms with Crippen LogP contribution in [0.15, 0.2) is 42.5 Å². The molecule has 0 aromatic heterocycles. The van der Waals surface area contributed by atoms with Gasteiger partial charge >= 0.3 is 6.18 Å². The number of hydrogen-bond acceptors (Lipinski definition) is 3. The van der Waals surface area contributed by atoms with E-state index in [-0.39, 0.29) is 17.4 Å². The molecule has 0 amide bonds. The zero-order chi connectivity index (χ0) is 18.4. The number of hydrogen-bond donors (Lipinski definition) is 1. The van der Waals surface area contributed by atoms with E-state index in [0.29, 0.717) is 18.4 Å². The van der Waals surface area contributed by atoms with Crippen LogP contribution in [0.4, 0.5) is 17.6 Å². The van der Waals surface area contributed by atoms with Crippen molar-refractivity contribution in [2.75, 3.05) is 13.1 Å². The van der Waals surface area contributed by atoms with E-state index in [0.717, 1.165) is 25.2 Å². The summed E-state index contributed by atoms with van der Waals surface area (Å²) >= 11 is 0. The summed E-state index contributed by atoms with van der Waals surface area (Å²) in [6.07, 6.45) is -3.01. The number of alkyl halides is 3. The van der Waals surface area contributed by atoms with E-state index in [1.165, 1.54) is 24.3 Å². The lowest BCUT2D eigenvalue weighted by atomic mass is 9.84. The van der Waals surface area contributed by atoms with Gasteiger partial charge in [0.05, 0.1) is 5.56 Å². The van der Waals surface area contributed by atoms with Crippen LogP contribution in [0, 0.1) is 11.7 Å². The fourth-order valence-electron chi connectivity index (χ4n) is 3.62. The van der Waals surface area contributed by atoms with Crippen LogP contribution in [-0.4, -0.2) is 13.1 Å². The quantitative estimate of drug-likeness (QED) is 0.795. The van der Waals surface area contributed by atoms with Crippen LogP contribution in [0.5, 0.6) is 11.5 Å². The average molecular weight is 367 g/mol. The maximum atomic E-state index is 14.2. The van der Waals surface area contributed by atoms with E-state index in [1.807, 2.05) is 0 Å². The summed E-state index contributed by atoms with van der Waals surface area (Å²) in [5, 5.41) is 3.23. The van der Waals surface area contributed by atoms with Gasteiger partial charge in [-0.3, -0.25) is 0 Å². The highest BCUT2D eigenvalue weighted by atomic mass is 19.4. The number of ether oxygens (including phenoxy) is 2. The lowest BCUT2D eigenvalue weighted by Gasteiger charge is -2.38. The Balaban J connectivity index is 1.77. The van der Waals surface area contributed by atoms with Gasteiger partial charge in [-0.15, -0.1) is 0 Å². The van der Waals surface area contributed by atoms with E-state index in [2.05, 4.69) is 5.32 Å². The van der Waals surface area contributed by atoms with Crippen LogP contribution >= 0.6 is 0 Å². The first-order chi connectivity index (χ1) is 12.4. The Morgan fingerprint density at radius 2 is 1.65 bits per heavy atom. The van der Waals surface area contributed by atoms with E-state index in [1.54, 1.807) is 6.07 Å². The third-order valence-electron chi connectivity index (χ3n) is 4.94. The van der Waals surface area contributed by atoms with E-state index in [9.17, 15) is 17.6 Å². The zero-order valence-electron chi connectivity index (χ0n) is 13.8. The fraction of sp³-hybridized carbons (Fsp3) is 0.368. The molecule has 1 unspecified atom stereocenters. The minimum atomic E-state index is -4.42. The second-order valence-electron chi connectivity index (χ2n) is 6.54. The molecular formula is C19H17F4NO2. The van der Waals surface area contributed by atoms with Crippen molar-refractivity contribution in [2.24, 2.45) is 5.92 Å². The van der Waals surface area contributed by atoms with E-state index >= 15 is 0 Å². The van der Waals surface area contributed by atoms with Gasteiger partial charge in [-0.2, -0.15) is 13.2 Å². The van der Waals surface area contributed by atoms with Crippen molar-refractivity contribution >= 4 is 0 Å². The third-order valence-corrected chi connectivity index (χ3v) is 4.94. The summed E-state index contributed by atoms with van der Waals surface area (Å²) in [6, 6.07) is 9.11. The molecule has 1 saturated heterocycles. The number of rotatable bonds is 2. The molecule has 2 aromatic rings. The molecule has 7 heteroatoms. The molecule has 2 aromatic carbocycles. The number of benzene rings is 2. The van der Waals surface area contributed by atoms with Crippen LogP contribution in [-0.2, 0) is 12.0 Å². The highest BCUT2D eigenvalue weighted by Crippen LogP contribution is 2.51. The summed E-state index contributed by atoms with van der Waals surface area (Å²) < 4.78 is 64.9. The van der Waals surface area contributed by atoms with Crippen molar-refractivity contribution < 1.29 is 27.0 Å². The molecule has 0 bridgehead atoms. The summed E-state index contributed by atoms with van der Waals surface area (Å²) in [6.45, 7) is 1.47. The first kappa shape index (κ1) is 17.1. The first-order valence-corrected chi connectivity index (χ1v) is 8.45. The Morgan fingerprint density at radius 1 is 0.962 bits per heavy atom. The van der Waals surface area contributed by atoms with Crippen molar-refractivity contribution in [1.29, 1.82) is 0 Å². The molecule has 26 heavy (non-hydrogen) atoms. The average Bonchev–Trinajstić information content (AvgIpc) is 3.04. The molecule has 2 aliphatic rings. The van der Waals surface area contributed by atoms with Crippen molar-refractivity contribution in [2.45, 2.75) is 24.8 Å². The van der Waals surface area contributed by atoms with Crippen LogP contribution < -0.4 is 14.8 Å². The largest absolute Gasteiger partial charge is 0.444 e. The van der Waals surface area contributed by atoms with Gasteiger partial charge in [-0.25, -0.2) is 4.39 Å². The summed E-state index contributed by atoms with van der Waals surface area (Å²) in [4.78, 5) is 0. The molecule has 0 spiro atoms. The van der Waals surface area contributed by atoms with Crippen molar-refractivity contribution in [3.63, 3.8) is 0 Å². The predicted molar refractivity (Wildman–Crippen MR) is 86.4 cm³/mol. The Hall–Kier alpha value is -2.28. The summed E-state index contributed by atoms with van der Waals surface area (Å²) in [5.74, 6) is -1.72. The summed E-state index contributed by atoms with van der Waals surface area (Å²) in [7, 11) is 0. The van der Waals surface area contributed by atoms with Gasteiger partial charge in [0.1, 0.15) is 0 Å². The number of fused-ring (bicyclic) bond motifs is 1. The Labute approximate surface area is 147 Å². The third kappa shape index (κ3) is 2.80. The molecule has 0 saturated carbocycles. The highest BCUT2D eigenvalue weighted by Gasteiger charge is 2.51. The molecule has 1 N–H and O–H groups in total. The van der Waals surface area contributed by atoms with Gasteiger partial charge in [-0.1, -0.05) is 18.2 Å². The molecule has 2 heterocycles. The van der Waals surface area contributed by atoms with Crippen LogP contribution in [0.3, 0.4) is 0 Å². The maximum Gasteiger partial charge on any atom is 0.416 e. The van der Waals surface area contributed by atoms with Gasteiger partial charge in [-0.05, 0) is 50.2 Å². The predicted octanol–water partition coefficient (Wildman–Crippen LogP) is 4.47. The Kier molecular flexibility index (Phi) is 4.06. The van der Waals surface area contributed by atoms with Gasteiger partial charge in [0, 0.05) is 11.5 Å². The number of halogens is 4. The van der Waals surface area contributed by atoms with Gasteiger partial charge < -0.3 is 14.8 Å². The summed E-state index contributed by atoms with van der Waals surface area (Å²) in [5.41, 5.74) is -0.295. The SMILES string of the molecule is Fc1cccc2c1OC(c1ccc(C(F)(F)F)cc1)(C1CCNCC1)O2. The van der Waals surface area contributed by atoms with E-state index < -0.39 is 23.3 Å². The first-order valence-electron chi connectivity index (χ1n) is 8.45. The van der Waals surface area contributed by atoms with E-state index in [4.69, 9.17) is 9.47 Å². The van der Waals surface area contributed by atoms with Crippen molar-refractivity contribution in [3.05, 3.63) is 59.4 Å². The maximum absolute atomic E-state index is 14.2. The molecule has 2 aliphatic heterocycles. The van der Waals surface area contributed by atoms with Gasteiger partial charge in [0.25, 0.3) is 5.79 Å². The normalized spacial score (nSPS) is 23.2. The smallest absolute Gasteiger partial charge is 0.416 e. The number of para-hydroxylation sites is 1. The monoisotopic (exact) mass is 367 g/mol. The zero-order valence-corrected chi connectivity index (χ0v) is 13.8. The molecule has 4 rings (SSSR count). The van der Waals surface area contributed by atoms with Gasteiger partial charge in [0.2, 0.25) is 5.75 Å². The number of nitrogens with one attached hydrogen (secondary N) is 1. The van der Waals surface area contributed by atoms with Crippen molar-refractivity contribution in [3.8, 4) is 11.5 Å². The van der Waals surface area contributed by atoms with Crippen molar-refractivity contribution in [1.82, 2.24) is 5.32 Å². The number of piperidine rings is 1. The molecule has 1 fully saturated rings. The molecule has 1 atom stereocenters. The highest BCUT2D eigenvalue weighted by molar-refractivity contribution is 5.46. The lowest BCUT2D eigenvalue weighted by molar-refractivity contribution is -0.144. The fourth-order valence-corrected chi connectivity index (χ4v) is 3.62. The minimum absolute atomic E-state index is 0.00549. The second kappa shape index (κ2) is 6.16. The molecular weight excluding hydrogens is 350 g/mol. The van der Waals surface area contributed by atoms with Crippen LogP contribution in [0.1, 0.15) is 24.0 Å². The lowest BCUT2D eigenvalue weighted by Crippen LogP contribution is -2.47.